The second kappa shape index (κ2) is 5.22. The third kappa shape index (κ3) is 4.94. The first-order valence-electron chi connectivity index (χ1n) is 2.90. The lowest BCUT2D eigenvalue weighted by molar-refractivity contribution is 0.269. The Bertz CT molecular complexity index is 114. The van der Waals surface area contributed by atoms with E-state index in [2.05, 4.69) is 0 Å². The molecule has 9 heavy (non-hydrogen) atoms. The van der Waals surface area contributed by atoms with Crippen LogP contribution in [0.5, 0.6) is 0 Å². The van der Waals surface area contributed by atoms with Crippen LogP contribution in [0.1, 0.15) is 13.8 Å². The third-order valence-electron chi connectivity index (χ3n) is 0.797. The van der Waals surface area contributed by atoms with Gasteiger partial charge in [-0.3, -0.25) is 0 Å². The second-order valence-electron chi connectivity index (χ2n) is 1.63. The van der Waals surface area contributed by atoms with Crippen molar-refractivity contribution in [2.24, 2.45) is 0 Å². The van der Waals surface area contributed by atoms with E-state index in [0.29, 0.717) is 6.61 Å². The number of aliphatic hydroxyl groups is 1. The quantitative estimate of drug-likeness (QED) is 0.465. The van der Waals surface area contributed by atoms with Crippen molar-refractivity contribution in [1.29, 1.82) is 0 Å². The van der Waals surface area contributed by atoms with E-state index in [1.165, 1.54) is 0 Å². The molecule has 0 aliphatic carbocycles. The van der Waals surface area contributed by atoms with Gasteiger partial charge in [-0.25, -0.2) is 0 Å². The first-order chi connectivity index (χ1) is 4.31. The summed E-state index contributed by atoms with van der Waals surface area (Å²) >= 11 is 0. The zero-order valence-corrected chi connectivity index (χ0v) is 5.79. The van der Waals surface area contributed by atoms with Crippen molar-refractivity contribution in [2.45, 2.75) is 13.8 Å². The SMILES string of the molecule is CCOC=CC(C)=CO. The number of hydrogen-bond acceptors (Lipinski definition) is 2. The van der Waals surface area contributed by atoms with Gasteiger partial charge in [-0.15, -0.1) is 0 Å². The molecule has 0 aliphatic rings. The van der Waals surface area contributed by atoms with Crippen LogP contribution in [0.3, 0.4) is 0 Å². The maximum absolute atomic E-state index is 8.37. The predicted octanol–water partition coefficient (Wildman–Crippen LogP) is 2.00. The minimum absolute atomic E-state index is 0.662. The van der Waals surface area contributed by atoms with Gasteiger partial charge in [-0.1, -0.05) is 0 Å². The van der Waals surface area contributed by atoms with Crippen LogP contribution in [0.25, 0.3) is 0 Å². The number of ether oxygens (including phenoxy) is 1. The molecule has 0 aromatic carbocycles. The van der Waals surface area contributed by atoms with E-state index in [4.69, 9.17) is 9.84 Å². The summed E-state index contributed by atoms with van der Waals surface area (Å²) in [5, 5.41) is 8.37. The number of hydrogen-bond donors (Lipinski definition) is 1. The average Bonchev–Trinajstić information content (AvgIpc) is 1.89. The van der Waals surface area contributed by atoms with Gasteiger partial charge < -0.3 is 9.84 Å². The van der Waals surface area contributed by atoms with Gasteiger partial charge in [0.1, 0.15) is 0 Å². The highest BCUT2D eigenvalue weighted by Crippen LogP contribution is 1.91. The molecule has 0 saturated carbocycles. The van der Waals surface area contributed by atoms with Gasteiger partial charge in [0.25, 0.3) is 0 Å². The van der Waals surface area contributed by atoms with Crippen molar-refractivity contribution in [1.82, 2.24) is 0 Å². The van der Waals surface area contributed by atoms with Crippen molar-refractivity contribution >= 4 is 0 Å². The Labute approximate surface area is 55.5 Å². The smallest absolute Gasteiger partial charge is 0.0845 e. The number of aliphatic hydroxyl groups excluding tert-OH is 1. The van der Waals surface area contributed by atoms with Gasteiger partial charge in [0.2, 0.25) is 0 Å². The number of rotatable bonds is 3. The summed E-state index contributed by atoms with van der Waals surface area (Å²) in [5.74, 6) is 0. The third-order valence-corrected chi connectivity index (χ3v) is 0.797. The van der Waals surface area contributed by atoms with Crippen molar-refractivity contribution in [3.05, 3.63) is 24.2 Å². The molecule has 52 valence electrons. The van der Waals surface area contributed by atoms with Crippen LogP contribution in [0.15, 0.2) is 24.2 Å². The van der Waals surface area contributed by atoms with E-state index in [1.807, 2.05) is 6.92 Å². The lowest BCUT2D eigenvalue weighted by Gasteiger charge is -1.90. The molecule has 0 aromatic rings. The summed E-state index contributed by atoms with van der Waals surface area (Å²) in [5.41, 5.74) is 0.781. The minimum atomic E-state index is 0.662. The van der Waals surface area contributed by atoms with Crippen molar-refractivity contribution < 1.29 is 9.84 Å². The van der Waals surface area contributed by atoms with Gasteiger partial charge in [0.15, 0.2) is 0 Å². The first-order valence-corrected chi connectivity index (χ1v) is 2.90. The Hall–Kier alpha value is -0.920. The lowest BCUT2D eigenvalue weighted by Crippen LogP contribution is -1.76. The van der Waals surface area contributed by atoms with Crippen molar-refractivity contribution in [3.8, 4) is 0 Å². The standard InChI is InChI=1S/C7H12O2/c1-3-9-5-4-7(2)6-8/h4-6,8H,3H2,1-2H3. The molecule has 0 radical (unpaired) electrons. The highest BCUT2D eigenvalue weighted by Gasteiger charge is 1.76. The summed E-state index contributed by atoms with van der Waals surface area (Å²) < 4.78 is 4.87. The van der Waals surface area contributed by atoms with Crippen LogP contribution in [-0.4, -0.2) is 11.7 Å². The molecule has 0 spiro atoms. The van der Waals surface area contributed by atoms with Crippen LogP contribution in [0.4, 0.5) is 0 Å². The minimum Gasteiger partial charge on any atom is -0.515 e. The van der Waals surface area contributed by atoms with E-state index in [1.54, 1.807) is 19.3 Å². The molecule has 0 atom stereocenters. The molecule has 0 aromatic heterocycles. The molecule has 0 saturated heterocycles. The van der Waals surface area contributed by atoms with Crippen LogP contribution >= 0.6 is 0 Å². The fourth-order valence-corrected chi connectivity index (χ4v) is 0.295. The molecule has 0 fully saturated rings. The van der Waals surface area contributed by atoms with Crippen molar-refractivity contribution in [3.63, 3.8) is 0 Å². The largest absolute Gasteiger partial charge is 0.515 e. The van der Waals surface area contributed by atoms with Crippen LogP contribution < -0.4 is 0 Å². The maximum atomic E-state index is 8.37. The molecular formula is C7H12O2. The zero-order chi connectivity index (χ0) is 7.11. The molecule has 0 unspecified atom stereocenters. The Morgan fingerprint density at radius 3 is 2.78 bits per heavy atom. The highest BCUT2D eigenvalue weighted by atomic mass is 16.5. The Kier molecular flexibility index (Phi) is 4.69. The zero-order valence-electron chi connectivity index (χ0n) is 5.79. The van der Waals surface area contributed by atoms with Gasteiger partial charge in [-0.05, 0) is 25.5 Å². The van der Waals surface area contributed by atoms with Gasteiger partial charge in [-0.2, -0.15) is 0 Å². The number of allylic oxidation sites excluding steroid dienone is 2. The van der Waals surface area contributed by atoms with E-state index in [0.717, 1.165) is 11.8 Å². The Morgan fingerprint density at radius 2 is 2.33 bits per heavy atom. The fourth-order valence-electron chi connectivity index (χ4n) is 0.295. The Morgan fingerprint density at radius 1 is 1.67 bits per heavy atom. The normalized spacial score (nSPS) is 12.4. The lowest BCUT2D eigenvalue weighted by atomic mass is 10.3. The fraction of sp³-hybridized carbons (Fsp3) is 0.429. The van der Waals surface area contributed by atoms with E-state index >= 15 is 0 Å². The van der Waals surface area contributed by atoms with Crippen LogP contribution in [0.2, 0.25) is 0 Å². The van der Waals surface area contributed by atoms with Gasteiger partial charge >= 0.3 is 0 Å². The van der Waals surface area contributed by atoms with Crippen molar-refractivity contribution in [2.75, 3.05) is 6.61 Å². The van der Waals surface area contributed by atoms with Crippen LogP contribution in [0, 0.1) is 0 Å². The summed E-state index contributed by atoms with van der Waals surface area (Å²) in [6.45, 7) is 4.35. The van der Waals surface area contributed by atoms with E-state index < -0.39 is 0 Å². The molecule has 1 N–H and O–H groups in total. The first kappa shape index (κ1) is 8.08. The maximum Gasteiger partial charge on any atom is 0.0845 e. The molecular weight excluding hydrogens is 116 g/mol. The second-order valence-corrected chi connectivity index (χ2v) is 1.63. The average molecular weight is 128 g/mol. The van der Waals surface area contributed by atoms with Gasteiger partial charge in [0.05, 0.1) is 19.1 Å². The summed E-state index contributed by atoms with van der Waals surface area (Å²) in [7, 11) is 0. The molecule has 2 nitrogen and oxygen atoms in total. The molecule has 0 amide bonds. The topological polar surface area (TPSA) is 29.5 Å². The highest BCUT2D eigenvalue weighted by molar-refractivity contribution is 5.10. The molecule has 0 aliphatic heterocycles. The molecule has 0 rings (SSSR count). The summed E-state index contributed by atoms with van der Waals surface area (Å²) in [4.78, 5) is 0. The summed E-state index contributed by atoms with van der Waals surface area (Å²) in [6, 6.07) is 0. The van der Waals surface area contributed by atoms with E-state index in [-0.39, 0.29) is 0 Å². The van der Waals surface area contributed by atoms with Crippen LogP contribution in [-0.2, 0) is 4.74 Å². The molecule has 2 heteroatoms. The summed E-state index contributed by atoms with van der Waals surface area (Å²) in [6.07, 6.45) is 4.29. The predicted molar refractivity (Wildman–Crippen MR) is 37.2 cm³/mol. The monoisotopic (exact) mass is 128 g/mol. The van der Waals surface area contributed by atoms with Gasteiger partial charge in [0, 0.05) is 0 Å². The van der Waals surface area contributed by atoms with E-state index in [9.17, 15) is 0 Å². The Balaban J connectivity index is 3.45. The molecule has 0 bridgehead atoms. The molecule has 0 heterocycles.